The van der Waals surface area contributed by atoms with E-state index in [4.69, 9.17) is 4.74 Å². The summed E-state index contributed by atoms with van der Waals surface area (Å²) in [6.07, 6.45) is 0.377. The maximum Gasteiger partial charge on any atom is 0.227 e. The normalized spacial score (nSPS) is 17.9. The van der Waals surface area contributed by atoms with Gasteiger partial charge in [-0.25, -0.2) is 0 Å². The molecule has 2 rings (SSSR count). The van der Waals surface area contributed by atoms with Gasteiger partial charge in [-0.1, -0.05) is 39.8 Å². The first-order chi connectivity index (χ1) is 10.5. The molecule has 0 saturated carbocycles. The minimum absolute atomic E-state index is 0. The fourth-order valence-corrected chi connectivity index (χ4v) is 2.69. The van der Waals surface area contributed by atoms with Crippen LogP contribution in [0.5, 0.6) is 0 Å². The number of carbonyl (C=O) groups is 1. The van der Waals surface area contributed by atoms with Gasteiger partial charge in [-0.15, -0.1) is 12.4 Å². The third-order valence-corrected chi connectivity index (χ3v) is 4.06. The SMILES string of the molecule is CC(C)c1ccc(NC(=O)CC2CNCCO2)c(C(C)C)c1.Cl. The molecule has 130 valence electrons. The molecular formula is C18H29ClN2O2. The van der Waals surface area contributed by atoms with Crippen LogP contribution >= 0.6 is 12.4 Å². The van der Waals surface area contributed by atoms with Crippen molar-refractivity contribution in [1.29, 1.82) is 0 Å². The lowest BCUT2D eigenvalue weighted by Crippen LogP contribution is -2.40. The van der Waals surface area contributed by atoms with Gasteiger partial charge in [0, 0.05) is 18.8 Å². The maximum absolute atomic E-state index is 12.3. The Bertz CT molecular complexity index is 512. The fraction of sp³-hybridized carbons (Fsp3) is 0.611. The van der Waals surface area contributed by atoms with Crippen LogP contribution in [-0.4, -0.2) is 31.7 Å². The quantitative estimate of drug-likeness (QED) is 0.859. The number of carbonyl (C=O) groups excluding carboxylic acids is 1. The van der Waals surface area contributed by atoms with Crippen molar-refractivity contribution in [1.82, 2.24) is 5.32 Å². The Labute approximate surface area is 145 Å². The fourth-order valence-electron chi connectivity index (χ4n) is 2.69. The highest BCUT2D eigenvalue weighted by Gasteiger charge is 2.18. The van der Waals surface area contributed by atoms with Crippen molar-refractivity contribution < 1.29 is 9.53 Å². The zero-order valence-corrected chi connectivity index (χ0v) is 15.3. The van der Waals surface area contributed by atoms with Crippen molar-refractivity contribution in [3.8, 4) is 0 Å². The summed E-state index contributed by atoms with van der Waals surface area (Å²) in [5.41, 5.74) is 3.43. The van der Waals surface area contributed by atoms with Crippen LogP contribution in [0, 0.1) is 0 Å². The molecule has 4 nitrogen and oxygen atoms in total. The molecule has 23 heavy (non-hydrogen) atoms. The molecule has 1 fully saturated rings. The van der Waals surface area contributed by atoms with Crippen LogP contribution in [0.3, 0.4) is 0 Å². The second-order valence-electron chi connectivity index (χ2n) is 6.61. The van der Waals surface area contributed by atoms with E-state index in [0.717, 1.165) is 18.8 Å². The van der Waals surface area contributed by atoms with Gasteiger partial charge in [0.2, 0.25) is 5.91 Å². The number of anilines is 1. The summed E-state index contributed by atoms with van der Waals surface area (Å²) in [4.78, 5) is 12.3. The molecular weight excluding hydrogens is 312 g/mol. The molecule has 1 saturated heterocycles. The minimum Gasteiger partial charge on any atom is -0.375 e. The number of hydrogen-bond donors (Lipinski definition) is 2. The molecule has 0 aromatic heterocycles. The summed E-state index contributed by atoms with van der Waals surface area (Å²) >= 11 is 0. The van der Waals surface area contributed by atoms with Gasteiger partial charge in [0.05, 0.1) is 19.1 Å². The summed E-state index contributed by atoms with van der Waals surface area (Å²) in [7, 11) is 0. The minimum atomic E-state index is -0.0220. The number of nitrogens with one attached hydrogen (secondary N) is 2. The largest absolute Gasteiger partial charge is 0.375 e. The van der Waals surface area contributed by atoms with Gasteiger partial charge >= 0.3 is 0 Å². The zero-order chi connectivity index (χ0) is 16.1. The molecule has 1 heterocycles. The number of rotatable bonds is 5. The second-order valence-corrected chi connectivity index (χ2v) is 6.61. The van der Waals surface area contributed by atoms with E-state index in [2.05, 4.69) is 50.5 Å². The molecule has 1 aliphatic rings. The Balaban J connectivity index is 0.00000264. The highest BCUT2D eigenvalue weighted by Crippen LogP contribution is 2.28. The summed E-state index contributed by atoms with van der Waals surface area (Å²) < 4.78 is 5.59. The molecule has 1 unspecified atom stereocenters. The Morgan fingerprint density at radius 2 is 2.04 bits per heavy atom. The first-order valence-electron chi connectivity index (χ1n) is 8.23. The van der Waals surface area contributed by atoms with Crippen LogP contribution in [0.15, 0.2) is 18.2 Å². The standard InChI is InChI=1S/C18H28N2O2.ClH/c1-12(2)14-5-6-17(16(9-14)13(3)4)20-18(21)10-15-11-19-7-8-22-15;/h5-6,9,12-13,15,19H,7-8,10-11H2,1-4H3,(H,20,21);1H. The highest BCUT2D eigenvalue weighted by molar-refractivity contribution is 5.92. The van der Waals surface area contributed by atoms with E-state index in [1.165, 1.54) is 11.1 Å². The molecule has 2 N–H and O–H groups in total. The molecule has 1 atom stereocenters. The molecule has 1 aromatic carbocycles. The molecule has 0 bridgehead atoms. The van der Waals surface area contributed by atoms with Gasteiger partial charge in [0.1, 0.15) is 0 Å². The number of morpholine rings is 1. The number of halogens is 1. The number of amides is 1. The van der Waals surface area contributed by atoms with Crippen LogP contribution in [0.2, 0.25) is 0 Å². The van der Waals surface area contributed by atoms with E-state index in [0.29, 0.717) is 24.9 Å². The summed E-state index contributed by atoms with van der Waals surface area (Å²) in [6.45, 7) is 11.0. The van der Waals surface area contributed by atoms with Gasteiger partial charge < -0.3 is 15.4 Å². The van der Waals surface area contributed by atoms with Gasteiger partial charge in [0.25, 0.3) is 0 Å². The molecule has 0 radical (unpaired) electrons. The Morgan fingerprint density at radius 3 is 2.61 bits per heavy atom. The maximum atomic E-state index is 12.3. The van der Waals surface area contributed by atoms with Crippen molar-refractivity contribution in [2.75, 3.05) is 25.0 Å². The van der Waals surface area contributed by atoms with Crippen molar-refractivity contribution in [2.45, 2.75) is 52.1 Å². The lowest BCUT2D eigenvalue weighted by molar-refractivity contribution is -0.119. The molecule has 1 aromatic rings. The van der Waals surface area contributed by atoms with Crippen molar-refractivity contribution in [3.63, 3.8) is 0 Å². The number of hydrogen-bond acceptors (Lipinski definition) is 3. The summed E-state index contributed by atoms with van der Waals surface area (Å²) in [5, 5.41) is 6.31. The van der Waals surface area contributed by atoms with Crippen LogP contribution in [0.4, 0.5) is 5.69 Å². The predicted octanol–water partition coefficient (Wildman–Crippen LogP) is 3.67. The summed E-state index contributed by atoms with van der Waals surface area (Å²) in [6, 6.07) is 6.34. The molecule has 5 heteroatoms. The van der Waals surface area contributed by atoms with E-state index in [1.807, 2.05) is 6.07 Å². The van der Waals surface area contributed by atoms with E-state index in [-0.39, 0.29) is 24.4 Å². The molecule has 1 aliphatic heterocycles. The highest BCUT2D eigenvalue weighted by atomic mass is 35.5. The first kappa shape index (κ1) is 19.9. The number of benzene rings is 1. The zero-order valence-electron chi connectivity index (χ0n) is 14.5. The molecule has 0 spiro atoms. The Kier molecular flexibility index (Phi) is 8.03. The van der Waals surface area contributed by atoms with Gasteiger partial charge in [-0.3, -0.25) is 4.79 Å². The van der Waals surface area contributed by atoms with E-state index in [9.17, 15) is 4.79 Å². The van der Waals surface area contributed by atoms with Crippen molar-refractivity contribution in [3.05, 3.63) is 29.3 Å². The first-order valence-corrected chi connectivity index (χ1v) is 8.23. The third-order valence-electron chi connectivity index (χ3n) is 4.06. The smallest absolute Gasteiger partial charge is 0.227 e. The van der Waals surface area contributed by atoms with Gasteiger partial charge in [-0.05, 0) is 29.0 Å². The summed E-state index contributed by atoms with van der Waals surface area (Å²) in [5.74, 6) is 0.887. The average molecular weight is 341 g/mol. The predicted molar refractivity (Wildman–Crippen MR) is 97.7 cm³/mol. The van der Waals surface area contributed by atoms with Crippen LogP contribution in [-0.2, 0) is 9.53 Å². The second kappa shape index (κ2) is 9.26. The Morgan fingerprint density at radius 1 is 1.30 bits per heavy atom. The third kappa shape index (κ3) is 5.79. The lowest BCUT2D eigenvalue weighted by Gasteiger charge is -2.23. The monoisotopic (exact) mass is 340 g/mol. The van der Waals surface area contributed by atoms with E-state index >= 15 is 0 Å². The van der Waals surface area contributed by atoms with Crippen LogP contribution < -0.4 is 10.6 Å². The van der Waals surface area contributed by atoms with Crippen molar-refractivity contribution >= 4 is 24.0 Å². The molecule has 1 amide bonds. The molecule has 0 aliphatic carbocycles. The van der Waals surface area contributed by atoms with E-state index in [1.54, 1.807) is 0 Å². The van der Waals surface area contributed by atoms with Crippen molar-refractivity contribution in [2.24, 2.45) is 0 Å². The average Bonchev–Trinajstić information content (AvgIpc) is 2.48. The number of ether oxygens (including phenoxy) is 1. The van der Waals surface area contributed by atoms with Gasteiger partial charge in [-0.2, -0.15) is 0 Å². The van der Waals surface area contributed by atoms with Crippen LogP contribution in [0.1, 0.15) is 57.1 Å². The van der Waals surface area contributed by atoms with E-state index < -0.39 is 0 Å². The van der Waals surface area contributed by atoms with Crippen LogP contribution in [0.25, 0.3) is 0 Å². The lowest BCUT2D eigenvalue weighted by atomic mass is 9.94. The topological polar surface area (TPSA) is 50.4 Å². The Hall–Kier alpha value is -1.10. The van der Waals surface area contributed by atoms with Gasteiger partial charge in [0.15, 0.2) is 0 Å².